The maximum atomic E-state index is 13.1. The van der Waals surface area contributed by atoms with Gasteiger partial charge in [-0.1, -0.05) is 13.3 Å². The summed E-state index contributed by atoms with van der Waals surface area (Å²) < 4.78 is 46.4. The van der Waals surface area contributed by atoms with Crippen molar-refractivity contribution >= 4 is 13.4 Å². The lowest BCUT2D eigenvalue weighted by molar-refractivity contribution is -0.146. The first-order valence-electron chi connectivity index (χ1n) is 4.94. The summed E-state index contributed by atoms with van der Waals surface area (Å²) >= 11 is 0. The zero-order chi connectivity index (χ0) is 12.8. The molecule has 0 bridgehead atoms. The molecule has 0 saturated heterocycles. The van der Waals surface area contributed by atoms with Crippen LogP contribution in [-0.2, 0) is 18.4 Å². The number of carbonyl (C=O) groups excluding carboxylic acids is 1. The lowest BCUT2D eigenvalue weighted by Gasteiger charge is -2.16. The molecule has 0 aromatic heterocycles. The van der Waals surface area contributed by atoms with E-state index in [0.717, 1.165) is 13.8 Å². The van der Waals surface area contributed by atoms with E-state index >= 15 is 0 Å². The van der Waals surface area contributed by atoms with Crippen molar-refractivity contribution in [3.05, 3.63) is 0 Å². The number of hydrogen-bond donors (Lipinski definition) is 0. The van der Waals surface area contributed by atoms with Crippen molar-refractivity contribution in [3.63, 3.8) is 0 Å². The van der Waals surface area contributed by atoms with Crippen LogP contribution >= 0.6 is 7.60 Å². The third kappa shape index (κ3) is 5.68. The van der Waals surface area contributed by atoms with Crippen LogP contribution in [0.3, 0.4) is 0 Å². The van der Waals surface area contributed by atoms with Crippen LogP contribution in [0.25, 0.3) is 0 Å². The molecule has 16 heavy (non-hydrogen) atoms. The van der Waals surface area contributed by atoms with Crippen LogP contribution in [0.15, 0.2) is 0 Å². The molecular weight excluding hydrogens is 241 g/mol. The second-order valence-corrected chi connectivity index (χ2v) is 5.62. The highest BCUT2D eigenvalue weighted by Gasteiger charge is 2.38. The van der Waals surface area contributed by atoms with Crippen LogP contribution < -0.4 is 0 Å². The maximum absolute atomic E-state index is 13.1. The zero-order valence-corrected chi connectivity index (χ0v) is 10.6. The lowest BCUT2D eigenvalue weighted by atomic mass is 10.1. The summed E-state index contributed by atoms with van der Waals surface area (Å²) in [7, 11) is -2.25. The number of halogens is 2. The summed E-state index contributed by atoms with van der Waals surface area (Å²) in [5.41, 5.74) is 0. The third-order valence-electron chi connectivity index (χ3n) is 2.01. The molecule has 0 aliphatic carbocycles. The molecule has 0 aromatic rings. The minimum atomic E-state index is -3.41. The number of ketones is 1. The van der Waals surface area contributed by atoms with Crippen molar-refractivity contribution in [1.82, 2.24) is 0 Å². The zero-order valence-electron chi connectivity index (χ0n) is 9.66. The Balaban J connectivity index is 4.20. The molecular formula is C9H17F2O4P. The Morgan fingerprint density at radius 2 is 2.00 bits per heavy atom. The van der Waals surface area contributed by atoms with E-state index in [4.69, 9.17) is 0 Å². The Morgan fingerprint density at radius 3 is 2.44 bits per heavy atom. The van der Waals surface area contributed by atoms with Gasteiger partial charge in [0.1, 0.15) is 6.61 Å². The molecule has 96 valence electrons. The van der Waals surface area contributed by atoms with Gasteiger partial charge in [0, 0.05) is 20.2 Å². The van der Waals surface area contributed by atoms with Crippen LogP contribution in [0.1, 0.15) is 26.2 Å². The van der Waals surface area contributed by atoms with E-state index in [0.29, 0.717) is 6.42 Å². The molecule has 0 radical (unpaired) electrons. The predicted molar refractivity (Wildman–Crippen MR) is 56.0 cm³/mol. The second-order valence-electron chi connectivity index (χ2n) is 3.46. The monoisotopic (exact) mass is 258 g/mol. The van der Waals surface area contributed by atoms with Crippen molar-refractivity contribution in [3.8, 4) is 0 Å². The van der Waals surface area contributed by atoms with E-state index in [-0.39, 0.29) is 6.42 Å². The van der Waals surface area contributed by atoms with Crippen LogP contribution in [0.5, 0.6) is 0 Å². The van der Waals surface area contributed by atoms with Crippen molar-refractivity contribution < 1.29 is 27.2 Å². The SMILES string of the molecule is CCCCC(F)(F)C(=O)COP(C)(=O)OC. The first kappa shape index (κ1) is 15.7. The number of hydrogen-bond acceptors (Lipinski definition) is 4. The molecule has 4 nitrogen and oxygen atoms in total. The molecule has 0 aromatic carbocycles. The number of alkyl halides is 2. The van der Waals surface area contributed by atoms with Crippen LogP contribution in [0.2, 0.25) is 0 Å². The molecule has 0 N–H and O–H groups in total. The first-order valence-corrected chi connectivity index (χ1v) is 6.93. The minimum Gasteiger partial charge on any atom is -0.312 e. The molecule has 0 aliphatic rings. The summed E-state index contributed by atoms with van der Waals surface area (Å²) in [4.78, 5) is 11.1. The van der Waals surface area contributed by atoms with Gasteiger partial charge in [-0.25, -0.2) is 0 Å². The largest absolute Gasteiger partial charge is 0.327 e. The Labute approximate surface area is 93.8 Å². The van der Waals surface area contributed by atoms with Gasteiger partial charge in [0.2, 0.25) is 5.78 Å². The molecule has 0 rings (SSSR count). The van der Waals surface area contributed by atoms with Crippen molar-refractivity contribution in [2.24, 2.45) is 0 Å². The van der Waals surface area contributed by atoms with Gasteiger partial charge in [-0.05, 0) is 6.42 Å². The lowest BCUT2D eigenvalue weighted by Crippen LogP contribution is -2.31. The molecule has 7 heteroatoms. The minimum absolute atomic E-state index is 0.257. The van der Waals surface area contributed by atoms with Gasteiger partial charge in [0.15, 0.2) is 0 Å². The summed E-state index contributed by atoms with van der Waals surface area (Å²) in [5.74, 6) is -4.77. The average molecular weight is 258 g/mol. The highest BCUT2D eigenvalue weighted by atomic mass is 31.2. The molecule has 1 unspecified atom stereocenters. The molecule has 0 saturated carbocycles. The molecule has 0 amide bonds. The van der Waals surface area contributed by atoms with Gasteiger partial charge in [-0.15, -0.1) is 0 Å². The van der Waals surface area contributed by atoms with Gasteiger partial charge in [-0.2, -0.15) is 8.78 Å². The molecule has 0 aliphatic heterocycles. The fourth-order valence-electron chi connectivity index (χ4n) is 0.872. The van der Waals surface area contributed by atoms with Crippen molar-refractivity contribution in [1.29, 1.82) is 0 Å². The van der Waals surface area contributed by atoms with E-state index in [9.17, 15) is 18.1 Å². The third-order valence-corrected chi connectivity index (χ3v) is 3.28. The summed E-state index contributed by atoms with van der Waals surface area (Å²) in [6.07, 6.45) is 0.327. The fraction of sp³-hybridized carbons (Fsp3) is 0.889. The van der Waals surface area contributed by atoms with E-state index in [1.807, 2.05) is 0 Å². The number of Topliss-reactive ketones (excluding diaryl/α,β-unsaturated/α-hetero) is 1. The smallest absolute Gasteiger partial charge is 0.312 e. The Kier molecular flexibility index (Phi) is 6.30. The van der Waals surface area contributed by atoms with Crippen LogP contribution in [-0.4, -0.2) is 32.1 Å². The summed E-state index contributed by atoms with van der Waals surface area (Å²) in [6, 6.07) is 0. The second kappa shape index (κ2) is 6.42. The van der Waals surface area contributed by atoms with Crippen molar-refractivity contribution in [2.45, 2.75) is 32.1 Å². The highest BCUT2D eigenvalue weighted by molar-refractivity contribution is 7.52. The molecule has 1 atom stereocenters. The van der Waals surface area contributed by atoms with Gasteiger partial charge >= 0.3 is 13.5 Å². The van der Waals surface area contributed by atoms with Gasteiger partial charge < -0.3 is 9.05 Å². The molecule has 0 fully saturated rings. The van der Waals surface area contributed by atoms with E-state index in [1.165, 1.54) is 0 Å². The maximum Gasteiger partial charge on any atom is 0.327 e. The average Bonchev–Trinajstić information content (AvgIpc) is 2.23. The first-order chi connectivity index (χ1) is 7.25. The molecule has 0 heterocycles. The highest BCUT2D eigenvalue weighted by Crippen LogP contribution is 2.42. The normalized spacial score (nSPS) is 15.8. The Morgan fingerprint density at radius 1 is 1.44 bits per heavy atom. The number of rotatable bonds is 8. The number of carbonyl (C=O) groups is 1. The Hall–Kier alpha value is -0.320. The summed E-state index contributed by atoms with van der Waals surface area (Å²) in [6.45, 7) is 1.98. The van der Waals surface area contributed by atoms with Gasteiger partial charge in [0.05, 0.1) is 0 Å². The van der Waals surface area contributed by atoms with Crippen LogP contribution in [0.4, 0.5) is 8.78 Å². The predicted octanol–water partition coefficient (Wildman–Crippen LogP) is 2.87. The summed E-state index contributed by atoms with van der Waals surface area (Å²) in [5, 5.41) is 0. The fourth-order valence-corrected chi connectivity index (χ4v) is 1.33. The van der Waals surface area contributed by atoms with Gasteiger partial charge in [0.25, 0.3) is 0 Å². The Bertz CT molecular complexity index is 281. The van der Waals surface area contributed by atoms with Crippen LogP contribution in [0, 0.1) is 0 Å². The quantitative estimate of drug-likeness (QED) is 0.628. The van der Waals surface area contributed by atoms with E-state index in [1.54, 1.807) is 6.92 Å². The van der Waals surface area contributed by atoms with Crippen molar-refractivity contribution in [2.75, 3.05) is 20.4 Å². The standard InChI is InChI=1S/C9H17F2O4P/c1-4-5-6-9(10,11)8(12)7-15-16(3,13)14-2/h4-7H2,1-3H3. The topological polar surface area (TPSA) is 52.6 Å². The van der Waals surface area contributed by atoms with E-state index in [2.05, 4.69) is 9.05 Å². The van der Waals surface area contributed by atoms with E-state index < -0.39 is 32.3 Å². The number of unbranched alkanes of at least 4 members (excludes halogenated alkanes) is 1. The molecule has 0 spiro atoms. The van der Waals surface area contributed by atoms with Gasteiger partial charge in [-0.3, -0.25) is 9.36 Å².